The maximum Gasteiger partial charge on any atom is 0.287 e. The van der Waals surface area contributed by atoms with Crippen molar-refractivity contribution in [1.29, 1.82) is 0 Å². The number of ether oxygens (including phenoxy) is 2. The van der Waals surface area contributed by atoms with Gasteiger partial charge >= 0.3 is 0 Å². The fraction of sp³-hybridized carbons (Fsp3) is 0.615. The number of halogens is 1. The first-order valence-electron chi connectivity index (χ1n) is 6.51. The SMILES string of the molecule is O=C(NC1CCC2(CC1)OCCO2)c1ccc(Cl)o1. The first-order chi connectivity index (χ1) is 9.17. The molecule has 1 aromatic heterocycles. The zero-order valence-electron chi connectivity index (χ0n) is 10.5. The topological polar surface area (TPSA) is 60.7 Å². The minimum absolute atomic E-state index is 0.134. The van der Waals surface area contributed by atoms with Gasteiger partial charge in [-0.2, -0.15) is 0 Å². The summed E-state index contributed by atoms with van der Waals surface area (Å²) in [6.07, 6.45) is 3.33. The Morgan fingerprint density at radius 1 is 1.26 bits per heavy atom. The van der Waals surface area contributed by atoms with Crippen LogP contribution >= 0.6 is 11.6 Å². The van der Waals surface area contributed by atoms with Crippen LogP contribution < -0.4 is 5.32 Å². The van der Waals surface area contributed by atoms with Crippen molar-refractivity contribution in [1.82, 2.24) is 5.32 Å². The van der Waals surface area contributed by atoms with Gasteiger partial charge in [0.1, 0.15) is 0 Å². The van der Waals surface area contributed by atoms with Gasteiger partial charge in [0.25, 0.3) is 5.91 Å². The fourth-order valence-electron chi connectivity index (χ4n) is 2.68. The van der Waals surface area contributed by atoms with E-state index in [0.717, 1.165) is 25.7 Å². The Hall–Kier alpha value is -1.04. The van der Waals surface area contributed by atoms with Crippen LogP contribution in [0.5, 0.6) is 0 Å². The molecule has 1 aliphatic carbocycles. The summed E-state index contributed by atoms with van der Waals surface area (Å²) < 4.78 is 16.4. The highest BCUT2D eigenvalue weighted by molar-refractivity contribution is 6.29. The molecule has 1 aliphatic heterocycles. The van der Waals surface area contributed by atoms with Crippen LogP contribution in [-0.2, 0) is 9.47 Å². The normalized spacial score (nSPS) is 22.8. The van der Waals surface area contributed by atoms with Crippen molar-refractivity contribution >= 4 is 17.5 Å². The summed E-state index contributed by atoms with van der Waals surface area (Å²) in [5.74, 6) is -0.366. The van der Waals surface area contributed by atoms with Crippen molar-refractivity contribution in [2.24, 2.45) is 0 Å². The Morgan fingerprint density at radius 2 is 1.95 bits per heavy atom. The lowest BCUT2D eigenvalue weighted by molar-refractivity contribution is -0.179. The molecule has 6 heteroatoms. The number of amides is 1. The van der Waals surface area contributed by atoms with Crippen LogP contribution in [0.25, 0.3) is 0 Å². The van der Waals surface area contributed by atoms with Gasteiger partial charge in [0, 0.05) is 18.9 Å². The number of carbonyl (C=O) groups is 1. The quantitative estimate of drug-likeness (QED) is 0.906. The van der Waals surface area contributed by atoms with Gasteiger partial charge in [-0.05, 0) is 36.6 Å². The molecule has 1 N–H and O–H groups in total. The first kappa shape index (κ1) is 13.0. The molecule has 1 saturated carbocycles. The molecule has 2 aliphatic rings. The van der Waals surface area contributed by atoms with Gasteiger partial charge in [0.2, 0.25) is 0 Å². The summed E-state index contributed by atoms with van der Waals surface area (Å²) >= 11 is 5.65. The van der Waals surface area contributed by atoms with Crippen LogP contribution in [-0.4, -0.2) is 30.9 Å². The molecule has 104 valence electrons. The van der Waals surface area contributed by atoms with Gasteiger partial charge < -0.3 is 19.2 Å². The molecular formula is C13H16ClNO4. The number of hydrogen-bond acceptors (Lipinski definition) is 4. The third-order valence-corrected chi connectivity index (χ3v) is 3.90. The fourth-order valence-corrected chi connectivity index (χ4v) is 2.83. The van der Waals surface area contributed by atoms with Crippen molar-refractivity contribution in [3.8, 4) is 0 Å². The van der Waals surface area contributed by atoms with Crippen LogP contribution in [0, 0.1) is 0 Å². The Morgan fingerprint density at radius 3 is 2.53 bits per heavy atom. The molecule has 19 heavy (non-hydrogen) atoms. The highest BCUT2D eigenvalue weighted by Crippen LogP contribution is 2.35. The molecule has 0 aromatic carbocycles. The van der Waals surface area contributed by atoms with Crippen molar-refractivity contribution in [2.75, 3.05) is 13.2 Å². The third-order valence-electron chi connectivity index (χ3n) is 3.69. The van der Waals surface area contributed by atoms with E-state index >= 15 is 0 Å². The zero-order chi connectivity index (χ0) is 13.3. The number of rotatable bonds is 2. The standard InChI is InChI=1S/C13H16ClNO4/c14-11-2-1-10(19-11)12(16)15-9-3-5-13(6-4-9)17-7-8-18-13/h1-2,9H,3-8H2,(H,15,16). The number of carbonyl (C=O) groups excluding carboxylic acids is 1. The van der Waals surface area contributed by atoms with E-state index in [4.69, 9.17) is 25.5 Å². The molecule has 0 bridgehead atoms. The first-order valence-corrected chi connectivity index (χ1v) is 6.89. The smallest absolute Gasteiger partial charge is 0.287 e. The molecule has 0 unspecified atom stereocenters. The Kier molecular flexibility index (Phi) is 3.52. The lowest BCUT2D eigenvalue weighted by Crippen LogP contribution is -2.43. The summed E-state index contributed by atoms with van der Waals surface area (Å²) in [7, 11) is 0. The van der Waals surface area contributed by atoms with Gasteiger partial charge in [-0.15, -0.1) is 0 Å². The van der Waals surface area contributed by atoms with Gasteiger partial charge in [-0.1, -0.05) is 0 Å². The second-order valence-electron chi connectivity index (χ2n) is 4.96. The Balaban J connectivity index is 1.53. The molecule has 3 rings (SSSR count). The van der Waals surface area contributed by atoms with Gasteiger partial charge in [0.05, 0.1) is 13.2 Å². The number of nitrogens with one attached hydrogen (secondary N) is 1. The maximum atomic E-state index is 11.9. The zero-order valence-corrected chi connectivity index (χ0v) is 11.2. The molecule has 1 amide bonds. The molecule has 1 saturated heterocycles. The van der Waals surface area contributed by atoms with Crippen LogP contribution in [0.3, 0.4) is 0 Å². The average Bonchev–Trinajstić information content (AvgIpc) is 3.02. The minimum Gasteiger partial charge on any atom is -0.440 e. The van der Waals surface area contributed by atoms with Crippen molar-refractivity contribution in [3.05, 3.63) is 23.1 Å². The predicted molar refractivity (Wildman–Crippen MR) is 68.1 cm³/mol. The van der Waals surface area contributed by atoms with Gasteiger partial charge in [-0.25, -0.2) is 0 Å². The lowest BCUT2D eigenvalue weighted by atomic mass is 9.90. The summed E-state index contributed by atoms with van der Waals surface area (Å²) in [5, 5.41) is 3.18. The summed E-state index contributed by atoms with van der Waals surface area (Å²) in [4.78, 5) is 11.9. The van der Waals surface area contributed by atoms with Gasteiger partial charge in [-0.3, -0.25) is 4.79 Å². The lowest BCUT2D eigenvalue weighted by Gasteiger charge is -2.35. The highest BCUT2D eigenvalue weighted by atomic mass is 35.5. The molecule has 5 nitrogen and oxygen atoms in total. The van der Waals surface area contributed by atoms with Crippen molar-refractivity contribution < 1.29 is 18.7 Å². The average molecular weight is 286 g/mol. The van der Waals surface area contributed by atoms with E-state index in [1.54, 1.807) is 12.1 Å². The molecular weight excluding hydrogens is 270 g/mol. The van der Waals surface area contributed by atoms with Gasteiger partial charge in [0.15, 0.2) is 16.8 Å². The number of hydrogen-bond donors (Lipinski definition) is 1. The maximum absolute atomic E-state index is 11.9. The van der Waals surface area contributed by atoms with E-state index in [-0.39, 0.29) is 22.9 Å². The van der Waals surface area contributed by atoms with E-state index < -0.39 is 5.79 Å². The van der Waals surface area contributed by atoms with E-state index in [1.807, 2.05) is 0 Å². The minimum atomic E-state index is -0.394. The monoisotopic (exact) mass is 285 g/mol. The largest absolute Gasteiger partial charge is 0.440 e. The van der Waals surface area contributed by atoms with Crippen LogP contribution in [0.2, 0.25) is 5.22 Å². The van der Waals surface area contributed by atoms with Crippen LogP contribution in [0.4, 0.5) is 0 Å². The molecule has 1 spiro atoms. The molecule has 0 radical (unpaired) electrons. The summed E-state index contributed by atoms with van der Waals surface area (Å²) in [5.41, 5.74) is 0. The molecule has 2 heterocycles. The second kappa shape index (κ2) is 5.15. The summed E-state index contributed by atoms with van der Waals surface area (Å²) in [6.45, 7) is 1.34. The molecule has 1 aromatic rings. The van der Waals surface area contributed by atoms with E-state index in [0.29, 0.717) is 13.2 Å². The highest BCUT2D eigenvalue weighted by Gasteiger charge is 2.40. The molecule has 2 fully saturated rings. The second-order valence-corrected chi connectivity index (χ2v) is 5.33. The van der Waals surface area contributed by atoms with Crippen LogP contribution in [0.1, 0.15) is 36.2 Å². The third kappa shape index (κ3) is 2.78. The van der Waals surface area contributed by atoms with Crippen molar-refractivity contribution in [2.45, 2.75) is 37.5 Å². The Labute approximate surface area is 116 Å². The molecule has 0 atom stereocenters. The van der Waals surface area contributed by atoms with Crippen LogP contribution in [0.15, 0.2) is 16.5 Å². The predicted octanol–water partition coefficient (Wildman–Crippen LogP) is 2.35. The van der Waals surface area contributed by atoms with E-state index in [9.17, 15) is 4.79 Å². The van der Waals surface area contributed by atoms with E-state index in [2.05, 4.69) is 5.32 Å². The number of furan rings is 1. The van der Waals surface area contributed by atoms with E-state index in [1.165, 1.54) is 0 Å². The summed E-state index contributed by atoms with van der Waals surface area (Å²) in [6, 6.07) is 3.27. The Bertz CT molecular complexity index is 457. The van der Waals surface area contributed by atoms with Crippen molar-refractivity contribution in [3.63, 3.8) is 0 Å².